The lowest BCUT2D eigenvalue weighted by Gasteiger charge is -2.33. The molecule has 7 nitrogen and oxygen atoms in total. The predicted molar refractivity (Wildman–Crippen MR) is 166 cm³/mol. The van der Waals surface area contributed by atoms with Crippen molar-refractivity contribution in [3.05, 3.63) is 92.4 Å². The van der Waals surface area contributed by atoms with Gasteiger partial charge in [-0.1, -0.05) is 46.9 Å². The van der Waals surface area contributed by atoms with E-state index in [9.17, 15) is 18.0 Å². The van der Waals surface area contributed by atoms with Crippen molar-refractivity contribution in [1.82, 2.24) is 10.2 Å². The molecule has 0 unspecified atom stereocenters. The van der Waals surface area contributed by atoms with Crippen LogP contribution in [0, 0.1) is 13.8 Å². The Morgan fingerprint density at radius 2 is 1.51 bits per heavy atom. The number of aryl methyl sites for hydroxylation is 2. The van der Waals surface area contributed by atoms with Gasteiger partial charge in [-0.15, -0.1) is 0 Å². The highest BCUT2D eigenvalue weighted by atomic mass is 35.5. The fraction of sp³-hybridized carbons (Fsp3) is 0.333. The number of nitrogens with one attached hydrogen (secondary N) is 1. The van der Waals surface area contributed by atoms with Gasteiger partial charge in [0.25, 0.3) is 10.0 Å². The molecule has 220 valence electrons. The summed E-state index contributed by atoms with van der Waals surface area (Å²) in [6, 6.07) is 14.9. The molecular formula is C30H34Cl3N3O4S. The van der Waals surface area contributed by atoms with E-state index >= 15 is 0 Å². The van der Waals surface area contributed by atoms with Gasteiger partial charge < -0.3 is 10.2 Å². The number of nitrogens with zero attached hydrogens (tertiary/aromatic N) is 2. The molecule has 1 N–H and O–H groups in total. The maximum absolute atomic E-state index is 14.0. The first-order valence-corrected chi connectivity index (χ1v) is 15.5. The van der Waals surface area contributed by atoms with Gasteiger partial charge in [0, 0.05) is 17.1 Å². The van der Waals surface area contributed by atoms with Crippen LogP contribution in [0.3, 0.4) is 0 Å². The molecule has 3 aromatic rings. The molecule has 0 saturated heterocycles. The van der Waals surface area contributed by atoms with E-state index in [-0.39, 0.29) is 17.3 Å². The molecule has 0 radical (unpaired) electrons. The summed E-state index contributed by atoms with van der Waals surface area (Å²) in [4.78, 5) is 28.6. The van der Waals surface area contributed by atoms with Gasteiger partial charge in [-0.3, -0.25) is 13.9 Å². The zero-order valence-corrected chi connectivity index (χ0v) is 26.9. The fourth-order valence-corrected chi connectivity index (χ4v) is 5.89. The molecule has 0 heterocycles. The molecule has 3 aromatic carbocycles. The molecule has 1 atom stereocenters. The Balaban J connectivity index is 2.08. The van der Waals surface area contributed by atoms with Crippen molar-refractivity contribution in [3.8, 4) is 0 Å². The molecule has 0 saturated carbocycles. The summed E-state index contributed by atoms with van der Waals surface area (Å²) in [6.45, 7) is 10.3. The predicted octanol–water partition coefficient (Wildman–Crippen LogP) is 6.79. The highest BCUT2D eigenvalue weighted by Gasteiger charge is 2.33. The molecule has 41 heavy (non-hydrogen) atoms. The van der Waals surface area contributed by atoms with Crippen molar-refractivity contribution in [3.63, 3.8) is 0 Å². The Bertz CT molecular complexity index is 1540. The van der Waals surface area contributed by atoms with Gasteiger partial charge >= 0.3 is 0 Å². The normalized spacial score (nSPS) is 12.5. The van der Waals surface area contributed by atoms with Crippen LogP contribution >= 0.6 is 34.8 Å². The number of carbonyl (C=O) groups excluding carboxylic acids is 2. The van der Waals surface area contributed by atoms with Gasteiger partial charge in [-0.25, -0.2) is 8.42 Å². The number of anilines is 1. The number of carbonyl (C=O) groups is 2. The minimum Gasteiger partial charge on any atom is -0.350 e. The SMILES string of the molecule is Cc1ccc(N(CC(=O)N(Cc2ccc(Cl)c(Cl)c2)[C@@H](C)C(=O)NC(C)(C)C)S(=O)(=O)c2ccc(Cl)cc2)cc1C. The first-order valence-electron chi connectivity index (χ1n) is 12.9. The monoisotopic (exact) mass is 637 g/mol. The van der Waals surface area contributed by atoms with Crippen LogP contribution in [0.1, 0.15) is 44.4 Å². The quantitative estimate of drug-likeness (QED) is 0.280. The zero-order chi connectivity index (χ0) is 30.7. The maximum atomic E-state index is 14.0. The molecular weight excluding hydrogens is 605 g/mol. The number of hydrogen-bond donors (Lipinski definition) is 1. The number of rotatable bonds is 9. The van der Waals surface area contributed by atoms with E-state index in [0.717, 1.165) is 15.4 Å². The van der Waals surface area contributed by atoms with Gasteiger partial charge in [-0.05, 0) is 107 Å². The zero-order valence-electron chi connectivity index (χ0n) is 23.8. The Kier molecular flexibility index (Phi) is 10.4. The standard InChI is InChI=1S/C30H34Cl3N3O4S/c1-19-7-11-24(15-20(19)2)36(41(39,40)25-12-9-23(31)10-13-25)18-28(37)35(21(3)29(38)34-30(4,5)6)17-22-8-14-26(32)27(33)16-22/h7-16,21H,17-18H2,1-6H3,(H,34,38)/t21-/m0/s1. The second-order valence-electron chi connectivity index (χ2n) is 10.9. The Labute approximate surface area is 257 Å². The number of hydrogen-bond acceptors (Lipinski definition) is 4. The van der Waals surface area contributed by atoms with Crippen LogP contribution in [0.15, 0.2) is 65.6 Å². The average Bonchev–Trinajstić information content (AvgIpc) is 2.88. The summed E-state index contributed by atoms with van der Waals surface area (Å²) >= 11 is 18.3. The van der Waals surface area contributed by atoms with Crippen LogP contribution in [-0.2, 0) is 26.2 Å². The maximum Gasteiger partial charge on any atom is 0.264 e. The third kappa shape index (κ3) is 8.38. The summed E-state index contributed by atoms with van der Waals surface area (Å²) in [5, 5.41) is 3.92. The van der Waals surface area contributed by atoms with Crippen molar-refractivity contribution in [1.29, 1.82) is 0 Å². The van der Waals surface area contributed by atoms with E-state index in [1.807, 2.05) is 34.6 Å². The van der Waals surface area contributed by atoms with E-state index in [1.54, 1.807) is 43.3 Å². The molecule has 0 aliphatic heterocycles. The number of halogens is 3. The Morgan fingerprint density at radius 1 is 0.878 bits per heavy atom. The molecule has 11 heteroatoms. The van der Waals surface area contributed by atoms with Crippen molar-refractivity contribution in [2.75, 3.05) is 10.8 Å². The van der Waals surface area contributed by atoms with E-state index in [4.69, 9.17) is 34.8 Å². The topological polar surface area (TPSA) is 86.8 Å². The lowest BCUT2D eigenvalue weighted by molar-refractivity contribution is -0.140. The number of amides is 2. The lowest BCUT2D eigenvalue weighted by atomic mass is 10.1. The largest absolute Gasteiger partial charge is 0.350 e. The van der Waals surface area contributed by atoms with Gasteiger partial charge in [0.15, 0.2) is 0 Å². The highest BCUT2D eigenvalue weighted by molar-refractivity contribution is 7.92. The summed E-state index contributed by atoms with van der Waals surface area (Å²) < 4.78 is 28.9. The van der Waals surface area contributed by atoms with Crippen LogP contribution < -0.4 is 9.62 Å². The second kappa shape index (κ2) is 13.0. The third-order valence-corrected chi connectivity index (χ3v) is 9.24. The molecule has 0 aliphatic carbocycles. The Morgan fingerprint density at radius 3 is 2.07 bits per heavy atom. The third-order valence-electron chi connectivity index (χ3n) is 6.46. The molecule has 3 rings (SSSR count). The van der Waals surface area contributed by atoms with E-state index < -0.39 is 34.1 Å². The van der Waals surface area contributed by atoms with Crippen LogP contribution in [0.25, 0.3) is 0 Å². The fourth-order valence-electron chi connectivity index (χ4n) is 4.03. The van der Waals surface area contributed by atoms with Gasteiger partial charge in [0.05, 0.1) is 20.6 Å². The first kappa shape index (κ1) is 32.7. The molecule has 0 aromatic heterocycles. The summed E-state index contributed by atoms with van der Waals surface area (Å²) in [7, 11) is -4.20. The van der Waals surface area contributed by atoms with E-state index in [0.29, 0.717) is 26.3 Å². The molecule has 0 aliphatic rings. The molecule has 0 spiro atoms. The smallest absolute Gasteiger partial charge is 0.264 e. The van der Waals surface area contributed by atoms with Crippen LogP contribution in [0.2, 0.25) is 15.1 Å². The summed E-state index contributed by atoms with van der Waals surface area (Å²) in [5.41, 5.74) is 2.22. The van der Waals surface area contributed by atoms with Crippen molar-refractivity contribution in [2.45, 2.75) is 64.6 Å². The number of sulfonamides is 1. The van der Waals surface area contributed by atoms with Crippen LogP contribution in [0.5, 0.6) is 0 Å². The Hall–Kier alpha value is -2.78. The van der Waals surface area contributed by atoms with Crippen molar-refractivity contribution < 1.29 is 18.0 Å². The van der Waals surface area contributed by atoms with Crippen LogP contribution in [0.4, 0.5) is 5.69 Å². The van der Waals surface area contributed by atoms with Crippen LogP contribution in [-0.4, -0.2) is 43.3 Å². The van der Waals surface area contributed by atoms with Gasteiger partial charge in [0.2, 0.25) is 11.8 Å². The average molecular weight is 639 g/mol. The minimum absolute atomic E-state index is 0.00376. The van der Waals surface area contributed by atoms with E-state index in [2.05, 4.69) is 5.32 Å². The highest BCUT2D eigenvalue weighted by Crippen LogP contribution is 2.28. The number of benzene rings is 3. The van der Waals surface area contributed by atoms with Gasteiger partial charge in [0.1, 0.15) is 12.6 Å². The van der Waals surface area contributed by atoms with E-state index in [1.165, 1.54) is 29.2 Å². The first-order chi connectivity index (χ1) is 19.0. The van der Waals surface area contributed by atoms with Gasteiger partial charge in [-0.2, -0.15) is 0 Å². The summed E-state index contributed by atoms with van der Waals surface area (Å²) in [5.74, 6) is -0.965. The molecule has 0 bridgehead atoms. The van der Waals surface area contributed by atoms with Crippen molar-refractivity contribution in [2.24, 2.45) is 0 Å². The molecule has 2 amide bonds. The molecule has 0 fully saturated rings. The summed E-state index contributed by atoms with van der Waals surface area (Å²) in [6.07, 6.45) is 0. The second-order valence-corrected chi connectivity index (χ2v) is 14.0. The minimum atomic E-state index is -4.20. The lowest BCUT2D eigenvalue weighted by Crippen LogP contribution is -2.54. The van der Waals surface area contributed by atoms with Crippen molar-refractivity contribution >= 4 is 62.3 Å².